The third-order valence-corrected chi connectivity index (χ3v) is 2.36. The second-order valence-electron chi connectivity index (χ2n) is 3.12. The number of hydrazine groups is 1. The number of rotatable bonds is 0. The highest BCUT2D eigenvalue weighted by Crippen LogP contribution is 2.29. The van der Waals surface area contributed by atoms with Crippen LogP contribution in [0.25, 0.3) is 0 Å². The van der Waals surface area contributed by atoms with E-state index in [2.05, 4.69) is 15.8 Å². The molecule has 2 aliphatic rings. The van der Waals surface area contributed by atoms with Crippen LogP contribution in [0.15, 0.2) is 4.99 Å². The minimum absolute atomic E-state index is 0.0816. The highest BCUT2D eigenvalue weighted by molar-refractivity contribution is 5.56. The van der Waals surface area contributed by atoms with Gasteiger partial charge in [0.2, 0.25) is 0 Å². The average molecular weight is 139 g/mol. The molecular formula is C7H13N3. The summed E-state index contributed by atoms with van der Waals surface area (Å²) in [6.45, 7) is 0. The van der Waals surface area contributed by atoms with Gasteiger partial charge in [-0.2, -0.15) is 0 Å². The largest absolute Gasteiger partial charge is 0.310 e. The third-order valence-electron chi connectivity index (χ3n) is 2.36. The van der Waals surface area contributed by atoms with Gasteiger partial charge in [-0.05, 0) is 25.7 Å². The van der Waals surface area contributed by atoms with E-state index in [9.17, 15) is 0 Å². The van der Waals surface area contributed by atoms with Crippen LogP contribution in [0, 0.1) is 0 Å². The van der Waals surface area contributed by atoms with Gasteiger partial charge >= 0.3 is 0 Å². The summed E-state index contributed by atoms with van der Waals surface area (Å²) < 4.78 is 0. The minimum Gasteiger partial charge on any atom is -0.310 e. The smallest absolute Gasteiger partial charge is 0.128 e. The molecule has 2 N–H and O–H groups in total. The maximum Gasteiger partial charge on any atom is 0.128 e. The van der Waals surface area contributed by atoms with E-state index in [-0.39, 0.29) is 5.66 Å². The lowest BCUT2D eigenvalue weighted by Crippen LogP contribution is -2.45. The molecule has 10 heavy (non-hydrogen) atoms. The molecule has 0 unspecified atom stereocenters. The standard InChI is InChI=1S/C7H13N3/c1-2-4-7(5-3-1)8-6-9-10-7/h6,10H,1-5H2,(H,8,9). The van der Waals surface area contributed by atoms with Gasteiger partial charge in [0.15, 0.2) is 0 Å². The van der Waals surface area contributed by atoms with Crippen molar-refractivity contribution < 1.29 is 0 Å². The van der Waals surface area contributed by atoms with Gasteiger partial charge in [-0.25, -0.2) is 5.43 Å². The van der Waals surface area contributed by atoms with Crippen LogP contribution in [0.2, 0.25) is 0 Å². The Labute approximate surface area is 60.9 Å². The van der Waals surface area contributed by atoms with E-state index < -0.39 is 0 Å². The van der Waals surface area contributed by atoms with E-state index in [1.54, 1.807) is 6.34 Å². The zero-order valence-corrected chi connectivity index (χ0v) is 6.06. The fraction of sp³-hybridized carbons (Fsp3) is 0.857. The number of hydrogen-bond donors (Lipinski definition) is 2. The Kier molecular flexibility index (Phi) is 1.38. The molecule has 1 saturated carbocycles. The van der Waals surface area contributed by atoms with Crippen molar-refractivity contribution in [2.24, 2.45) is 4.99 Å². The summed E-state index contributed by atoms with van der Waals surface area (Å²) in [6.07, 6.45) is 8.15. The van der Waals surface area contributed by atoms with Crippen molar-refractivity contribution >= 4 is 6.34 Å². The van der Waals surface area contributed by atoms with Crippen LogP contribution in [0.3, 0.4) is 0 Å². The maximum atomic E-state index is 4.38. The molecule has 3 heteroatoms. The maximum absolute atomic E-state index is 4.38. The second-order valence-corrected chi connectivity index (χ2v) is 3.12. The topological polar surface area (TPSA) is 36.4 Å². The van der Waals surface area contributed by atoms with Gasteiger partial charge in [0.05, 0.1) is 6.34 Å². The summed E-state index contributed by atoms with van der Waals surface area (Å²) >= 11 is 0. The van der Waals surface area contributed by atoms with Crippen molar-refractivity contribution in [3.8, 4) is 0 Å². The molecule has 0 radical (unpaired) electrons. The summed E-state index contributed by atoms with van der Waals surface area (Å²) in [5, 5.41) is 0. The lowest BCUT2D eigenvalue weighted by Gasteiger charge is -2.29. The van der Waals surface area contributed by atoms with Crippen molar-refractivity contribution in [1.29, 1.82) is 0 Å². The van der Waals surface area contributed by atoms with Gasteiger partial charge in [0.25, 0.3) is 0 Å². The van der Waals surface area contributed by atoms with Gasteiger partial charge in [0, 0.05) is 0 Å². The first-order chi connectivity index (χ1) is 4.91. The van der Waals surface area contributed by atoms with Crippen LogP contribution in [0.4, 0.5) is 0 Å². The van der Waals surface area contributed by atoms with E-state index in [0.717, 1.165) is 0 Å². The SMILES string of the molecule is C1=NC2(CCCCC2)NN1. The Hall–Kier alpha value is -0.570. The Morgan fingerprint density at radius 3 is 2.60 bits per heavy atom. The van der Waals surface area contributed by atoms with Crippen LogP contribution >= 0.6 is 0 Å². The van der Waals surface area contributed by atoms with Crippen molar-refractivity contribution in [2.75, 3.05) is 0 Å². The summed E-state index contributed by atoms with van der Waals surface area (Å²) in [4.78, 5) is 4.38. The first kappa shape index (κ1) is 6.16. The molecule has 0 bridgehead atoms. The van der Waals surface area contributed by atoms with E-state index in [4.69, 9.17) is 0 Å². The summed E-state index contributed by atoms with van der Waals surface area (Å²) in [5.74, 6) is 0. The summed E-state index contributed by atoms with van der Waals surface area (Å²) in [5.41, 5.74) is 6.22. The number of hydrogen-bond acceptors (Lipinski definition) is 3. The number of aliphatic imine (C=N–C) groups is 1. The fourth-order valence-corrected chi connectivity index (χ4v) is 1.75. The first-order valence-corrected chi connectivity index (χ1v) is 3.98. The molecule has 56 valence electrons. The zero-order valence-electron chi connectivity index (χ0n) is 6.06. The normalized spacial score (nSPS) is 28.8. The van der Waals surface area contributed by atoms with Crippen molar-refractivity contribution in [3.05, 3.63) is 0 Å². The molecule has 1 spiro atoms. The number of nitrogens with zero attached hydrogens (tertiary/aromatic N) is 1. The molecule has 0 atom stereocenters. The fourth-order valence-electron chi connectivity index (χ4n) is 1.75. The molecule has 0 aromatic rings. The quantitative estimate of drug-likeness (QED) is 0.520. The predicted molar refractivity (Wildman–Crippen MR) is 40.6 cm³/mol. The second kappa shape index (κ2) is 2.23. The number of nitrogens with one attached hydrogen (secondary N) is 2. The van der Waals surface area contributed by atoms with Crippen LogP contribution in [-0.2, 0) is 0 Å². The van der Waals surface area contributed by atoms with Gasteiger partial charge in [-0.15, -0.1) is 0 Å². The molecule has 2 rings (SSSR count). The van der Waals surface area contributed by atoms with E-state index >= 15 is 0 Å². The van der Waals surface area contributed by atoms with Crippen LogP contribution in [-0.4, -0.2) is 12.0 Å². The molecule has 3 nitrogen and oxygen atoms in total. The molecule has 1 fully saturated rings. The molecule has 0 saturated heterocycles. The third kappa shape index (κ3) is 0.904. The average Bonchev–Trinajstić information content (AvgIpc) is 2.39. The molecule has 0 amide bonds. The zero-order chi connectivity index (χ0) is 6.86. The Balaban J connectivity index is 2.05. The first-order valence-electron chi connectivity index (χ1n) is 3.98. The molecule has 0 aromatic heterocycles. The van der Waals surface area contributed by atoms with E-state index in [1.807, 2.05) is 0 Å². The van der Waals surface area contributed by atoms with Crippen LogP contribution in [0.1, 0.15) is 32.1 Å². The molecular weight excluding hydrogens is 126 g/mol. The summed E-state index contributed by atoms with van der Waals surface area (Å²) in [6, 6.07) is 0. The molecule has 0 aromatic carbocycles. The van der Waals surface area contributed by atoms with Gasteiger partial charge in [0.1, 0.15) is 5.66 Å². The Morgan fingerprint density at radius 1 is 1.20 bits per heavy atom. The van der Waals surface area contributed by atoms with Gasteiger partial charge in [-0.3, -0.25) is 4.99 Å². The lowest BCUT2D eigenvalue weighted by atomic mass is 9.90. The van der Waals surface area contributed by atoms with E-state index in [1.165, 1.54) is 32.1 Å². The van der Waals surface area contributed by atoms with Gasteiger partial charge in [-0.1, -0.05) is 6.42 Å². The molecule has 1 heterocycles. The Bertz CT molecular complexity index is 147. The molecule has 1 aliphatic carbocycles. The van der Waals surface area contributed by atoms with Crippen molar-refractivity contribution in [3.63, 3.8) is 0 Å². The van der Waals surface area contributed by atoms with Crippen LogP contribution < -0.4 is 10.9 Å². The van der Waals surface area contributed by atoms with Crippen molar-refractivity contribution in [1.82, 2.24) is 10.9 Å². The highest BCUT2D eigenvalue weighted by Gasteiger charge is 2.32. The van der Waals surface area contributed by atoms with E-state index in [0.29, 0.717) is 0 Å². The minimum atomic E-state index is 0.0816. The lowest BCUT2D eigenvalue weighted by molar-refractivity contribution is 0.249. The Morgan fingerprint density at radius 2 is 2.00 bits per heavy atom. The monoisotopic (exact) mass is 139 g/mol. The van der Waals surface area contributed by atoms with Gasteiger partial charge < -0.3 is 5.43 Å². The summed E-state index contributed by atoms with van der Waals surface area (Å²) in [7, 11) is 0. The predicted octanol–water partition coefficient (Wildman–Crippen LogP) is 0.783. The molecule has 1 aliphatic heterocycles. The highest BCUT2D eigenvalue weighted by atomic mass is 15.5. The van der Waals surface area contributed by atoms with Crippen molar-refractivity contribution in [2.45, 2.75) is 37.8 Å². The van der Waals surface area contributed by atoms with Crippen LogP contribution in [0.5, 0.6) is 0 Å².